The van der Waals surface area contributed by atoms with Crippen molar-refractivity contribution in [2.75, 3.05) is 31.1 Å². The smallest absolute Gasteiger partial charge is 0.256 e. The molecule has 0 aliphatic carbocycles. The average molecular weight is 419 g/mol. The summed E-state index contributed by atoms with van der Waals surface area (Å²) in [5, 5.41) is 0. The molecule has 1 fully saturated rings. The number of rotatable bonds is 5. The second-order valence-corrected chi connectivity index (χ2v) is 7.79. The summed E-state index contributed by atoms with van der Waals surface area (Å²) in [5.41, 5.74) is 3.57. The van der Waals surface area contributed by atoms with Gasteiger partial charge in [-0.1, -0.05) is 49.4 Å². The van der Waals surface area contributed by atoms with E-state index in [4.69, 9.17) is 9.97 Å². The van der Waals surface area contributed by atoms with Crippen LogP contribution in [0.2, 0.25) is 0 Å². The average Bonchev–Trinajstić information content (AvgIpc) is 2.80. The molecule has 0 N–H and O–H groups in total. The van der Waals surface area contributed by atoms with Crippen molar-refractivity contribution in [2.45, 2.75) is 26.7 Å². The summed E-state index contributed by atoms with van der Waals surface area (Å²) >= 11 is 0. The Kier molecular flexibility index (Phi) is 6.26. The van der Waals surface area contributed by atoms with E-state index in [1.807, 2.05) is 25.1 Å². The third kappa shape index (κ3) is 4.58. The van der Waals surface area contributed by atoms with E-state index in [9.17, 15) is 9.18 Å². The molecular formula is C25H27FN4O. The molecule has 0 unspecified atom stereocenters. The van der Waals surface area contributed by atoms with E-state index in [1.54, 1.807) is 23.1 Å². The van der Waals surface area contributed by atoms with E-state index in [2.05, 4.69) is 24.0 Å². The van der Waals surface area contributed by atoms with Gasteiger partial charge < -0.3 is 9.80 Å². The molecule has 2 heterocycles. The van der Waals surface area contributed by atoms with E-state index in [0.29, 0.717) is 26.2 Å². The minimum atomic E-state index is -0.473. The first-order chi connectivity index (χ1) is 15.1. The molecule has 3 aromatic rings. The number of carbonyl (C=O) groups is 1. The Balaban J connectivity index is 1.56. The summed E-state index contributed by atoms with van der Waals surface area (Å²) in [7, 11) is 0. The number of halogens is 1. The maximum Gasteiger partial charge on any atom is 0.256 e. The van der Waals surface area contributed by atoms with Crippen molar-refractivity contribution >= 4 is 11.7 Å². The molecule has 5 nitrogen and oxygen atoms in total. The van der Waals surface area contributed by atoms with Crippen molar-refractivity contribution in [1.82, 2.24) is 14.9 Å². The minimum absolute atomic E-state index is 0.131. The quantitative estimate of drug-likeness (QED) is 0.628. The third-order valence-electron chi connectivity index (χ3n) is 5.71. The van der Waals surface area contributed by atoms with Crippen molar-refractivity contribution in [2.24, 2.45) is 0 Å². The molecule has 6 heteroatoms. The lowest BCUT2D eigenvalue weighted by Gasteiger charge is -2.36. The van der Waals surface area contributed by atoms with Crippen molar-refractivity contribution < 1.29 is 9.18 Å². The molecule has 160 valence electrons. The molecule has 31 heavy (non-hydrogen) atoms. The van der Waals surface area contributed by atoms with Crippen LogP contribution >= 0.6 is 0 Å². The zero-order valence-corrected chi connectivity index (χ0v) is 18.0. The van der Waals surface area contributed by atoms with Gasteiger partial charge in [0, 0.05) is 43.9 Å². The van der Waals surface area contributed by atoms with Crippen LogP contribution in [-0.2, 0) is 12.8 Å². The van der Waals surface area contributed by atoms with Gasteiger partial charge in [-0.15, -0.1) is 0 Å². The van der Waals surface area contributed by atoms with Crippen molar-refractivity contribution in [3.05, 3.63) is 88.6 Å². The number of piperazine rings is 1. The molecule has 2 aromatic carbocycles. The number of anilines is 1. The Labute approximate surface area is 182 Å². The van der Waals surface area contributed by atoms with Crippen molar-refractivity contribution in [3.8, 4) is 0 Å². The summed E-state index contributed by atoms with van der Waals surface area (Å²) in [6, 6.07) is 16.5. The van der Waals surface area contributed by atoms with E-state index >= 15 is 0 Å². The Morgan fingerprint density at radius 2 is 1.65 bits per heavy atom. The highest BCUT2D eigenvalue weighted by Crippen LogP contribution is 2.26. The highest BCUT2D eigenvalue weighted by molar-refractivity contribution is 5.94. The van der Waals surface area contributed by atoms with Gasteiger partial charge >= 0.3 is 0 Å². The van der Waals surface area contributed by atoms with E-state index in [0.717, 1.165) is 35.7 Å². The lowest BCUT2D eigenvalue weighted by atomic mass is 10.0. The fourth-order valence-corrected chi connectivity index (χ4v) is 4.10. The van der Waals surface area contributed by atoms with Crippen molar-refractivity contribution in [1.29, 1.82) is 0 Å². The van der Waals surface area contributed by atoms with Crippen LogP contribution in [0.3, 0.4) is 0 Å². The van der Waals surface area contributed by atoms with E-state index in [-0.39, 0.29) is 11.5 Å². The maximum absolute atomic E-state index is 14.0. The number of aryl methyl sites for hydroxylation is 2. The summed E-state index contributed by atoms with van der Waals surface area (Å²) < 4.78 is 14.0. The zero-order chi connectivity index (χ0) is 21.8. The SMILES string of the molecule is CCc1nc(C)nc(N2CCN(C(=O)c3ccccc3F)CC2)c1Cc1ccccc1. The number of carbonyl (C=O) groups excluding carboxylic acids is 1. The van der Waals surface area contributed by atoms with Gasteiger partial charge in [0.25, 0.3) is 5.91 Å². The molecule has 1 amide bonds. The molecule has 1 aliphatic rings. The van der Waals surface area contributed by atoms with Gasteiger partial charge in [-0.05, 0) is 31.0 Å². The molecule has 1 aliphatic heterocycles. The topological polar surface area (TPSA) is 49.3 Å². The lowest BCUT2D eigenvalue weighted by Crippen LogP contribution is -2.49. The Morgan fingerprint density at radius 1 is 0.968 bits per heavy atom. The number of hydrogen-bond donors (Lipinski definition) is 0. The molecule has 0 bridgehead atoms. The molecule has 0 atom stereocenters. The fourth-order valence-electron chi connectivity index (χ4n) is 4.10. The number of amides is 1. The van der Waals surface area contributed by atoms with Gasteiger partial charge in [0.05, 0.1) is 5.56 Å². The van der Waals surface area contributed by atoms with Crippen molar-refractivity contribution in [3.63, 3.8) is 0 Å². The van der Waals surface area contributed by atoms with Crippen LogP contribution < -0.4 is 4.90 Å². The van der Waals surface area contributed by atoms with Crippen LogP contribution in [0.1, 0.15) is 39.9 Å². The number of aromatic nitrogens is 2. The molecule has 0 saturated carbocycles. The Hall–Kier alpha value is -3.28. The second-order valence-electron chi connectivity index (χ2n) is 7.79. The van der Waals surface area contributed by atoms with Crippen LogP contribution in [0.5, 0.6) is 0 Å². The second kappa shape index (κ2) is 9.25. The van der Waals surface area contributed by atoms with Gasteiger partial charge in [0.1, 0.15) is 17.5 Å². The van der Waals surface area contributed by atoms with Crippen LogP contribution in [0, 0.1) is 12.7 Å². The van der Waals surface area contributed by atoms with Gasteiger partial charge in [-0.2, -0.15) is 0 Å². The highest BCUT2D eigenvalue weighted by atomic mass is 19.1. The number of benzene rings is 2. The highest BCUT2D eigenvalue weighted by Gasteiger charge is 2.26. The monoisotopic (exact) mass is 418 g/mol. The van der Waals surface area contributed by atoms with Crippen LogP contribution in [-0.4, -0.2) is 47.0 Å². The minimum Gasteiger partial charge on any atom is -0.353 e. The fraction of sp³-hybridized carbons (Fsp3) is 0.320. The summed E-state index contributed by atoms with van der Waals surface area (Å²) in [5.74, 6) is 0.981. The van der Waals surface area contributed by atoms with E-state index < -0.39 is 5.82 Å². The summed E-state index contributed by atoms with van der Waals surface area (Å²) in [6.45, 7) is 6.41. The molecule has 0 spiro atoms. The normalized spacial score (nSPS) is 14.0. The number of nitrogens with zero attached hydrogens (tertiary/aromatic N) is 4. The molecule has 0 radical (unpaired) electrons. The third-order valence-corrected chi connectivity index (χ3v) is 5.71. The van der Waals surface area contributed by atoms with Crippen LogP contribution in [0.4, 0.5) is 10.2 Å². The molecule has 1 saturated heterocycles. The Bertz CT molecular complexity index is 1060. The van der Waals surface area contributed by atoms with E-state index in [1.165, 1.54) is 11.6 Å². The lowest BCUT2D eigenvalue weighted by molar-refractivity contribution is 0.0741. The zero-order valence-electron chi connectivity index (χ0n) is 18.0. The maximum atomic E-state index is 14.0. The molecular weight excluding hydrogens is 391 g/mol. The first-order valence-corrected chi connectivity index (χ1v) is 10.8. The van der Waals surface area contributed by atoms with Gasteiger partial charge in [0.15, 0.2) is 0 Å². The standard InChI is InChI=1S/C25H27FN4O/c1-3-23-21(17-19-9-5-4-6-10-19)24(28-18(2)27-23)29-13-15-30(16-14-29)25(31)20-11-7-8-12-22(20)26/h4-12H,3,13-17H2,1-2H3. The first kappa shape index (κ1) is 21.0. The van der Waals surface area contributed by atoms with Crippen LogP contribution in [0.15, 0.2) is 54.6 Å². The predicted octanol–water partition coefficient (Wildman–Crippen LogP) is 4.04. The Morgan fingerprint density at radius 3 is 2.32 bits per heavy atom. The summed E-state index contributed by atoms with van der Waals surface area (Å²) in [4.78, 5) is 26.2. The van der Waals surface area contributed by atoms with Crippen LogP contribution in [0.25, 0.3) is 0 Å². The number of hydrogen-bond acceptors (Lipinski definition) is 4. The first-order valence-electron chi connectivity index (χ1n) is 10.8. The van der Waals surface area contributed by atoms with Gasteiger partial charge in [-0.25, -0.2) is 14.4 Å². The summed E-state index contributed by atoms with van der Waals surface area (Å²) in [6.07, 6.45) is 1.61. The molecule has 1 aromatic heterocycles. The predicted molar refractivity (Wildman–Crippen MR) is 120 cm³/mol. The van der Waals surface area contributed by atoms with Gasteiger partial charge in [-0.3, -0.25) is 4.79 Å². The largest absolute Gasteiger partial charge is 0.353 e. The molecule has 4 rings (SSSR count). The van der Waals surface area contributed by atoms with Gasteiger partial charge in [0.2, 0.25) is 0 Å².